The molecule has 0 aliphatic carbocycles. The monoisotopic (exact) mass is 293 g/mol. The van der Waals surface area contributed by atoms with Gasteiger partial charge < -0.3 is 4.55 Å². The highest BCUT2D eigenvalue weighted by atomic mass is 32.2. The summed E-state index contributed by atoms with van der Waals surface area (Å²) in [6, 6.07) is 2.78. The van der Waals surface area contributed by atoms with Crippen LogP contribution in [0.15, 0.2) is 18.2 Å². The van der Waals surface area contributed by atoms with Gasteiger partial charge in [-0.2, -0.15) is 0 Å². The Hall–Kier alpha value is -0.720. The fraction of sp³-hybridized carbons (Fsp3) is 0.538. The van der Waals surface area contributed by atoms with Crippen LogP contribution in [0.3, 0.4) is 0 Å². The molecule has 6 heteroatoms. The quantitative estimate of drug-likeness (QED) is 0.855. The molecule has 0 heterocycles. The summed E-state index contributed by atoms with van der Waals surface area (Å²) in [5.41, 5.74) is -0.132. The van der Waals surface area contributed by atoms with E-state index in [1.165, 1.54) is 12.1 Å². The molecule has 2 atom stereocenters. The Kier molecular flexibility index (Phi) is 5.29. The minimum absolute atomic E-state index is 0.224. The maximum Gasteiger partial charge on any atom is 0.263 e. The van der Waals surface area contributed by atoms with E-state index in [2.05, 4.69) is 4.72 Å². The lowest BCUT2D eigenvalue weighted by Crippen LogP contribution is -2.40. The molecule has 0 amide bonds. The summed E-state index contributed by atoms with van der Waals surface area (Å²) in [6.07, 6.45) is -2.70. The Morgan fingerprint density at radius 3 is 2.26 bits per heavy atom. The van der Waals surface area contributed by atoms with Gasteiger partial charge in [-0.3, -0.25) is 0 Å². The van der Waals surface area contributed by atoms with E-state index in [1.54, 1.807) is 27.7 Å². The minimum atomic E-state index is -2.70. The van der Waals surface area contributed by atoms with Crippen LogP contribution in [0, 0.1) is 5.82 Å². The Morgan fingerprint density at radius 1 is 1.26 bits per heavy atom. The van der Waals surface area contributed by atoms with Gasteiger partial charge in [0.25, 0.3) is 6.43 Å². The van der Waals surface area contributed by atoms with Crippen LogP contribution >= 0.6 is 0 Å². The highest BCUT2D eigenvalue weighted by molar-refractivity contribution is 7.90. The van der Waals surface area contributed by atoms with E-state index in [0.29, 0.717) is 0 Å². The average Bonchev–Trinajstić information content (AvgIpc) is 2.26. The maximum atomic E-state index is 13.7. The maximum absolute atomic E-state index is 13.7. The summed E-state index contributed by atoms with van der Waals surface area (Å²) in [4.78, 5) is 0. The molecule has 2 nitrogen and oxygen atoms in total. The fourth-order valence-electron chi connectivity index (χ4n) is 1.43. The lowest BCUT2D eigenvalue weighted by Gasteiger charge is -2.26. The van der Waals surface area contributed by atoms with Crippen molar-refractivity contribution in [3.63, 3.8) is 0 Å². The van der Waals surface area contributed by atoms with Gasteiger partial charge in [0.15, 0.2) is 0 Å². The van der Waals surface area contributed by atoms with Crippen LogP contribution in [-0.2, 0) is 11.4 Å². The van der Waals surface area contributed by atoms with Gasteiger partial charge in [-0.25, -0.2) is 13.2 Å². The molecular weight excluding hydrogens is 275 g/mol. The molecule has 0 aliphatic rings. The van der Waals surface area contributed by atoms with Gasteiger partial charge in [0.05, 0.1) is 6.04 Å². The van der Waals surface area contributed by atoms with Gasteiger partial charge in [-0.05, 0) is 33.8 Å². The molecule has 108 valence electrons. The number of hydrogen-bond donors (Lipinski definition) is 1. The summed E-state index contributed by atoms with van der Waals surface area (Å²) >= 11 is -1.36. The molecule has 0 spiro atoms. The minimum Gasteiger partial charge on any atom is -0.598 e. The first-order valence-electron chi connectivity index (χ1n) is 5.88. The zero-order valence-corrected chi connectivity index (χ0v) is 12.2. The van der Waals surface area contributed by atoms with E-state index < -0.39 is 34.4 Å². The molecule has 1 aromatic rings. The van der Waals surface area contributed by atoms with E-state index in [0.717, 1.165) is 6.07 Å². The number of nitrogens with one attached hydrogen (secondary N) is 1. The van der Waals surface area contributed by atoms with Crippen LogP contribution < -0.4 is 4.72 Å². The largest absolute Gasteiger partial charge is 0.598 e. The average molecular weight is 293 g/mol. The van der Waals surface area contributed by atoms with Crippen LogP contribution in [0.1, 0.15) is 51.3 Å². The molecular formula is C13H18F3NOS. The van der Waals surface area contributed by atoms with Gasteiger partial charge in [-0.1, -0.05) is 12.1 Å². The van der Waals surface area contributed by atoms with Crippen molar-refractivity contribution in [1.29, 1.82) is 0 Å². The number of rotatable bonds is 4. The zero-order chi connectivity index (χ0) is 14.8. The van der Waals surface area contributed by atoms with E-state index >= 15 is 0 Å². The molecule has 0 saturated heterocycles. The second kappa shape index (κ2) is 6.15. The number of halogens is 3. The van der Waals surface area contributed by atoms with Crippen molar-refractivity contribution in [2.45, 2.75) is 44.9 Å². The molecule has 0 radical (unpaired) electrons. The predicted octanol–water partition coefficient (Wildman–Crippen LogP) is 3.88. The number of benzene rings is 1. The smallest absolute Gasteiger partial charge is 0.263 e. The van der Waals surface area contributed by atoms with Crippen molar-refractivity contribution >= 4 is 11.4 Å². The van der Waals surface area contributed by atoms with Gasteiger partial charge in [0.1, 0.15) is 10.6 Å². The lowest BCUT2D eigenvalue weighted by atomic mass is 10.1. The standard InChI is InChI=1S/C13H18F3NOS/c1-8(17-19(18)13(2,3)4)10-6-5-9(12(15)16)7-11(10)14/h5-8,12,17H,1-4H3. The summed E-state index contributed by atoms with van der Waals surface area (Å²) < 4.78 is 52.8. The fourth-order valence-corrected chi connectivity index (χ4v) is 2.23. The van der Waals surface area contributed by atoms with Crippen LogP contribution in [-0.4, -0.2) is 9.30 Å². The Bertz CT molecular complexity index is 434. The molecule has 0 fully saturated rings. The van der Waals surface area contributed by atoms with Crippen LogP contribution in [0.25, 0.3) is 0 Å². The third-order valence-electron chi connectivity index (χ3n) is 2.58. The van der Waals surface area contributed by atoms with E-state index in [9.17, 15) is 17.7 Å². The lowest BCUT2D eigenvalue weighted by molar-refractivity contribution is 0.151. The van der Waals surface area contributed by atoms with Gasteiger partial charge >= 0.3 is 0 Å². The predicted molar refractivity (Wildman–Crippen MR) is 70.8 cm³/mol. The van der Waals surface area contributed by atoms with Crippen LogP contribution in [0.4, 0.5) is 13.2 Å². The zero-order valence-electron chi connectivity index (χ0n) is 11.3. The third kappa shape index (κ3) is 4.40. The second-order valence-corrected chi connectivity index (χ2v) is 7.30. The number of hydrogen-bond acceptors (Lipinski definition) is 2. The first-order chi connectivity index (χ1) is 8.62. The van der Waals surface area contributed by atoms with Crippen LogP contribution in [0.2, 0.25) is 0 Å². The van der Waals surface area contributed by atoms with Gasteiger partial charge in [-0.15, -0.1) is 4.72 Å². The van der Waals surface area contributed by atoms with Crippen molar-refractivity contribution in [2.24, 2.45) is 0 Å². The van der Waals surface area contributed by atoms with Gasteiger partial charge in [0.2, 0.25) is 0 Å². The van der Waals surface area contributed by atoms with Crippen molar-refractivity contribution < 1.29 is 17.7 Å². The molecule has 2 unspecified atom stereocenters. The Labute approximate surface area is 114 Å². The topological polar surface area (TPSA) is 35.1 Å². The second-order valence-electron chi connectivity index (χ2n) is 5.30. The Balaban J connectivity index is 2.86. The highest BCUT2D eigenvalue weighted by Crippen LogP contribution is 2.25. The van der Waals surface area contributed by atoms with Crippen molar-refractivity contribution in [1.82, 2.24) is 4.72 Å². The molecule has 1 N–H and O–H groups in total. The summed E-state index contributed by atoms with van der Waals surface area (Å²) in [6.45, 7) is 7.02. The van der Waals surface area contributed by atoms with Crippen molar-refractivity contribution in [3.05, 3.63) is 35.1 Å². The molecule has 1 rings (SSSR count). The first kappa shape index (κ1) is 16.3. The van der Waals surface area contributed by atoms with E-state index in [1.807, 2.05) is 0 Å². The first-order valence-corrected chi connectivity index (χ1v) is 7.03. The number of alkyl halides is 2. The highest BCUT2D eigenvalue weighted by Gasteiger charge is 2.29. The molecule has 0 saturated carbocycles. The van der Waals surface area contributed by atoms with Crippen LogP contribution in [0.5, 0.6) is 0 Å². The summed E-state index contributed by atoms with van der Waals surface area (Å²) in [5, 5.41) is 0. The summed E-state index contributed by atoms with van der Waals surface area (Å²) in [5.74, 6) is -0.719. The SMILES string of the molecule is CC(N[S+]([O-])C(C)(C)C)c1ccc(C(F)F)cc1F. The molecule has 0 bridgehead atoms. The normalized spacial score (nSPS) is 15.6. The van der Waals surface area contributed by atoms with Crippen molar-refractivity contribution in [2.75, 3.05) is 0 Å². The van der Waals surface area contributed by atoms with Crippen molar-refractivity contribution in [3.8, 4) is 0 Å². The molecule has 19 heavy (non-hydrogen) atoms. The van der Waals surface area contributed by atoms with E-state index in [-0.39, 0.29) is 11.1 Å². The molecule has 0 aliphatic heterocycles. The van der Waals surface area contributed by atoms with Gasteiger partial charge in [0, 0.05) is 22.5 Å². The molecule has 1 aromatic carbocycles. The molecule has 0 aromatic heterocycles. The third-order valence-corrected chi connectivity index (χ3v) is 4.26. The Morgan fingerprint density at radius 2 is 1.84 bits per heavy atom. The summed E-state index contributed by atoms with van der Waals surface area (Å²) in [7, 11) is 0. The van der Waals surface area contributed by atoms with E-state index in [4.69, 9.17) is 0 Å².